The Balaban J connectivity index is 2.00. The number of aryl methyl sites for hydroxylation is 2. The van der Waals surface area contributed by atoms with Crippen molar-refractivity contribution in [2.24, 2.45) is 0 Å². The molecule has 0 saturated carbocycles. The maximum Gasteiger partial charge on any atom is 0.107 e. The molecule has 3 aromatic rings. The minimum Gasteiger partial charge on any atom is -0.359 e. The van der Waals surface area contributed by atoms with E-state index in [0.717, 1.165) is 34.5 Å². The Morgan fingerprint density at radius 1 is 1.22 bits per heavy atom. The average Bonchev–Trinajstić information content (AvgIpc) is 3.01. The fraction of sp³-hybridized carbons (Fsp3) is 0.214. The minimum absolute atomic E-state index is 0.728. The molecule has 4 rings (SSSR count). The average molecular weight is 258 g/mol. The predicted molar refractivity (Wildman–Crippen MR) is 72.5 cm³/mol. The zero-order valence-electron chi connectivity index (χ0n) is 9.78. The number of rotatable bonds is 1. The molecule has 0 amide bonds. The smallest absolute Gasteiger partial charge is 0.107 e. The second kappa shape index (κ2) is 3.62. The van der Waals surface area contributed by atoms with Crippen molar-refractivity contribution in [2.45, 2.75) is 19.3 Å². The number of H-pyrrole nitrogens is 1. The van der Waals surface area contributed by atoms with Crippen molar-refractivity contribution in [3.05, 3.63) is 46.9 Å². The van der Waals surface area contributed by atoms with Gasteiger partial charge in [0, 0.05) is 17.8 Å². The van der Waals surface area contributed by atoms with Crippen LogP contribution in [-0.2, 0) is 12.8 Å². The molecule has 2 aromatic heterocycles. The summed E-state index contributed by atoms with van der Waals surface area (Å²) in [5, 5.41) is 6.55. The fourth-order valence-electron chi connectivity index (χ4n) is 2.74. The lowest BCUT2D eigenvalue weighted by Crippen LogP contribution is -1.98. The quantitative estimate of drug-likeness (QED) is 0.711. The summed E-state index contributed by atoms with van der Waals surface area (Å²) in [6.07, 6.45) is 7.48. The highest BCUT2D eigenvalue weighted by atomic mass is 35.5. The number of aromatic nitrogens is 3. The highest BCUT2D eigenvalue weighted by molar-refractivity contribution is 6.33. The number of aromatic amines is 1. The molecule has 0 saturated heterocycles. The van der Waals surface area contributed by atoms with Gasteiger partial charge in [-0.3, -0.25) is 0 Å². The number of benzene rings is 1. The molecule has 0 atom stereocenters. The Hall–Kier alpha value is -1.74. The maximum absolute atomic E-state index is 6.34. The Bertz CT molecular complexity index is 717. The topological polar surface area (TPSA) is 33.6 Å². The van der Waals surface area contributed by atoms with E-state index in [1.54, 1.807) is 0 Å². The van der Waals surface area contributed by atoms with Crippen molar-refractivity contribution in [3.63, 3.8) is 0 Å². The molecule has 1 aliphatic rings. The summed E-state index contributed by atoms with van der Waals surface area (Å²) in [5.41, 5.74) is 4.57. The third-order valence-electron chi connectivity index (χ3n) is 3.62. The van der Waals surface area contributed by atoms with E-state index in [1.807, 2.05) is 29.1 Å². The summed E-state index contributed by atoms with van der Waals surface area (Å²) in [6, 6.07) is 6.00. The first kappa shape index (κ1) is 10.2. The lowest BCUT2D eigenvalue weighted by Gasteiger charge is -2.06. The van der Waals surface area contributed by atoms with E-state index in [9.17, 15) is 0 Å². The molecule has 0 unspecified atom stereocenters. The lowest BCUT2D eigenvalue weighted by atomic mass is 10.2. The zero-order chi connectivity index (χ0) is 12.1. The standard InChI is InChI=1S/C14H12ClN3/c15-11-5-4-9-6-7-16-13(9)14(11)18-8-10-2-1-3-12(10)17-18/h4-8,16H,1-3H2. The minimum atomic E-state index is 0.728. The van der Waals surface area contributed by atoms with Crippen LogP contribution in [0, 0.1) is 0 Å². The van der Waals surface area contributed by atoms with Gasteiger partial charge in [0.1, 0.15) is 5.69 Å². The van der Waals surface area contributed by atoms with E-state index in [0.29, 0.717) is 0 Å². The van der Waals surface area contributed by atoms with Crippen molar-refractivity contribution in [2.75, 3.05) is 0 Å². The first-order valence-corrected chi connectivity index (χ1v) is 6.54. The second-order valence-electron chi connectivity index (χ2n) is 4.74. The Labute approximate surface area is 109 Å². The third kappa shape index (κ3) is 1.34. The van der Waals surface area contributed by atoms with Crippen molar-refractivity contribution in [3.8, 4) is 5.69 Å². The van der Waals surface area contributed by atoms with E-state index in [4.69, 9.17) is 11.6 Å². The Kier molecular flexibility index (Phi) is 2.06. The van der Waals surface area contributed by atoms with Crippen molar-refractivity contribution >= 4 is 22.5 Å². The van der Waals surface area contributed by atoms with Crippen LogP contribution in [0.1, 0.15) is 17.7 Å². The Morgan fingerprint density at radius 3 is 3.06 bits per heavy atom. The van der Waals surface area contributed by atoms with Gasteiger partial charge in [-0.15, -0.1) is 0 Å². The van der Waals surface area contributed by atoms with Crippen LogP contribution in [0.15, 0.2) is 30.6 Å². The third-order valence-corrected chi connectivity index (χ3v) is 3.92. The molecule has 1 aromatic carbocycles. The molecule has 1 N–H and O–H groups in total. The van der Waals surface area contributed by atoms with Gasteiger partial charge in [0.2, 0.25) is 0 Å². The number of halogens is 1. The monoisotopic (exact) mass is 257 g/mol. The molecular weight excluding hydrogens is 246 g/mol. The molecule has 3 nitrogen and oxygen atoms in total. The molecule has 0 bridgehead atoms. The number of nitrogens with zero attached hydrogens (tertiary/aromatic N) is 2. The molecule has 2 heterocycles. The summed E-state index contributed by atoms with van der Waals surface area (Å²) >= 11 is 6.34. The summed E-state index contributed by atoms with van der Waals surface area (Å²) in [7, 11) is 0. The summed E-state index contributed by atoms with van der Waals surface area (Å²) < 4.78 is 1.92. The summed E-state index contributed by atoms with van der Waals surface area (Å²) in [5.74, 6) is 0. The van der Waals surface area contributed by atoms with E-state index < -0.39 is 0 Å². The molecule has 0 fully saturated rings. The number of fused-ring (bicyclic) bond motifs is 2. The largest absolute Gasteiger partial charge is 0.359 e. The van der Waals surface area contributed by atoms with Crippen LogP contribution in [0.2, 0.25) is 5.02 Å². The van der Waals surface area contributed by atoms with Crippen LogP contribution in [-0.4, -0.2) is 14.8 Å². The van der Waals surface area contributed by atoms with Gasteiger partial charge in [-0.2, -0.15) is 5.10 Å². The second-order valence-corrected chi connectivity index (χ2v) is 5.14. The van der Waals surface area contributed by atoms with Gasteiger partial charge in [0.15, 0.2) is 0 Å². The first-order valence-electron chi connectivity index (χ1n) is 6.16. The van der Waals surface area contributed by atoms with Crippen LogP contribution in [0.4, 0.5) is 0 Å². The highest BCUT2D eigenvalue weighted by Gasteiger charge is 2.18. The van der Waals surface area contributed by atoms with Gasteiger partial charge in [-0.25, -0.2) is 4.68 Å². The van der Waals surface area contributed by atoms with Gasteiger partial charge in [0.05, 0.1) is 16.2 Å². The van der Waals surface area contributed by atoms with Crippen molar-refractivity contribution in [1.29, 1.82) is 0 Å². The van der Waals surface area contributed by atoms with Crippen LogP contribution >= 0.6 is 11.6 Å². The van der Waals surface area contributed by atoms with E-state index in [-0.39, 0.29) is 0 Å². The predicted octanol–water partition coefficient (Wildman–Crippen LogP) is 3.50. The molecule has 1 aliphatic carbocycles. The van der Waals surface area contributed by atoms with Crippen molar-refractivity contribution < 1.29 is 0 Å². The number of hydrogen-bond acceptors (Lipinski definition) is 1. The molecule has 4 heteroatoms. The van der Waals surface area contributed by atoms with Gasteiger partial charge in [0.25, 0.3) is 0 Å². The van der Waals surface area contributed by atoms with Crippen LogP contribution in [0.3, 0.4) is 0 Å². The first-order chi connectivity index (χ1) is 8.83. The summed E-state index contributed by atoms with van der Waals surface area (Å²) in [4.78, 5) is 3.25. The lowest BCUT2D eigenvalue weighted by molar-refractivity contribution is 0.803. The molecule has 0 radical (unpaired) electrons. The normalized spacial score (nSPS) is 14.3. The van der Waals surface area contributed by atoms with E-state index in [1.165, 1.54) is 17.7 Å². The van der Waals surface area contributed by atoms with E-state index in [2.05, 4.69) is 16.3 Å². The van der Waals surface area contributed by atoms with Crippen LogP contribution in [0.25, 0.3) is 16.6 Å². The van der Waals surface area contributed by atoms with Crippen LogP contribution in [0.5, 0.6) is 0 Å². The van der Waals surface area contributed by atoms with Gasteiger partial charge in [-0.05, 0) is 37.0 Å². The molecule has 18 heavy (non-hydrogen) atoms. The van der Waals surface area contributed by atoms with Gasteiger partial charge in [-0.1, -0.05) is 17.7 Å². The maximum atomic E-state index is 6.34. The SMILES string of the molecule is Clc1ccc2cc[nH]c2c1-n1cc2c(n1)CCC2. The van der Waals surface area contributed by atoms with Crippen molar-refractivity contribution in [1.82, 2.24) is 14.8 Å². The van der Waals surface area contributed by atoms with Gasteiger partial charge >= 0.3 is 0 Å². The number of nitrogens with one attached hydrogen (secondary N) is 1. The Morgan fingerprint density at radius 2 is 2.17 bits per heavy atom. The molecule has 0 aliphatic heterocycles. The van der Waals surface area contributed by atoms with Gasteiger partial charge < -0.3 is 4.98 Å². The fourth-order valence-corrected chi connectivity index (χ4v) is 2.98. The molecular formula is C14H12ClN3. The summed E-state index contributed by atoms with van der Waals surface area (Å²) in [6.45, 7) is 0. The molecule has 90 valence electrons. The molecule has 0 spiro atoms. The van der Waals surface area contributed by atoms with E-state index >= 15 is 0 Å². The zero-order valence-corrected chi connectivity index (χ0v) is 10.5. The number of hydrogen-bond donors (Lipinski definition) is 1. The van der Waals surface area contributed by atoms with Crippen LogP contribution < -0.4 is 0 Å². The highest BCUT2D eigenvalue weighted by Crippen LogP contribution is 2.30.